The monoisotopic (exact) mass is 359 g/mol. The molecule has 0 aliphatic heterocycles. The zero-order valence-corrected chi connectivity index (χ0v) is 14.8. The standard InChI is InChI=1S/C21H17N3OS/c25-20(24-23-13-15-7-5-6-12-22-15)14-26-21-18-10-3-1-8-16(18)17-9-2-4-11-19(17)21/h1-13,21H,14H2,(H,24,25)/b23-13-. The smallest absolute Gasteiger partial charge is 0.250 e. The van der Waals surface area contributed by atoms with E-state index in [4.69, 9.17) is 0 Å². The molecule has 1 aliphatic rings. The lowest BCUT2D eigenvalue weighted by molar-refractivity contribution is -0.118. The second kappa shape index (κ2) is 7.54. The van der Waals surface area contributed by atoms with Crippen LogP contribution in [0.4, 0.5) is 0 Å². The quantitative estimate of drug-likeness (QED) is 0.553. The summed E-state index contributed by atoms with van der Waals surface area (Å²) in [4.78, 5) is 16.3. The number of aromatic nitrogens is 1. The van der Waals surface area contributed by atoms with Crippen LogP contribution in [-0.2, 0) is 4.79 Å². The van der Waals surface area contributed by atoms with Gasteiger partial charge >= 0.3 is 0 Å². The van der Waals surface area contributed by atoms with E-state index in [0.29, 0.717) is 11.4 Å². The molecule has 128 valence electrons. The van der Waals surface area contributed by atoms with Crippen molar-refractivity contribution in [3.05, 3.63) is 89.7 Å². The number of nitrogens with one attached hydrogen (secondary N) is 1. The van der Waals surface area contributed by atoms with E-state index in [1.807, 2.05) is 18.2 Å². The van der Waals surface area contributed by atoms with Crippen LogP contribution < -0.4 is 5.43 Å². The predicted molar refractivity (Wildman–Crippen MR) is 106 cm³/mol. The van der Waals surface area contributed by atoms with E-state index in [2.05, 4.69) is 64.0 Å². The lowest BCUT2D eigenvalue weighted by Crippen LogP contribution is -2.20. The van der Waals surface area contributed by atoms with E-state index in [9.17, 15) is 4.79 Å². The molecule has 0 saturated heterocycles. The highest BCUT2D eigenvalue weighted by molar-refractivity contribution is 8.00. The van der Waals surface area contributed by atoms with Crippen LogP contribution in [0.2, 0.25) is 0 Å². The minimum atomic E-state index is -0.121. The molecule has 4 rings (SSSR count). The number of hydrogen-bond acceptors (Lipinski definition) is 4. The number of carbonyl (C=O) groups excluding carboxylic acids is 1. The third-order valence-electron chi connectivity index (χ3n) is 4.23. The first kappa shape index (κ1) is 16.5. The highest BCUT2D eigenvalue weighted by Gasteiger charge is 2.28. The number of nitrogens with zero attached hydrogens (tertiary/aromatic N) is 2. The minimum absolute atomic E-state index is 0.121. The molecule has 1 heterocycles. The Morgan fingerprint density at radius 3 is 2.31 bits per heavy atom. The van der Waals surface area contributed by atoms with Crippen LogP contribution in [0.1, 0.15) is 22.1 Å². The van der Waals surface area contributed by atoms with Gasteiger partial charge in [0, 0.05) is 6.20 Å². The second-order valence-corrected chi connectivity index (χ2v) is 7.01. The molecule has 5 heteroatoms. The topological polar surface area (TPSA) is 54.4 Å². The maximum Gasteiger partial charge on any atom is 0.250 e. The maximum absolute atomic E-state index is 12.1. The normalized spacial score (nSPS) is 12.8. The number of hydrogen-bond donors (Lipinski definition) is 1. The Hall–Kier alpha value is -2.92. The maximum atomic E-state index is 12.1. The van der Waals surface area contributed by atoms with Crippen molar-refractivity contribution in [1.82, 2.24) is 10.4 Å². The van der Waals surface area contributed by atoms with Crippen LogP contribution in [0.25, 0.3) is 11.1 Å². The Kier molecular flexibility index (Phi) is 4.80. The van der Waals surface area contributed by atoms with Crippen molar-refractivity contribution in [3.63, 3.8) is 0 Å². The summed E-state index contributed by atoms with van der Waals surface area (Å²) in [6.07, 6.45) is 3.23. The number of carbonyl (C=O) groups is 1. The van der Waals surface area contributed by atoms with Gasteiger partial charge in [-0.2, -0.15) is 5.10 Å². The lowest BCUT2D eigenvalue weighted by Gasteiger charge is -2.12. The molecule has 26 heavy (non-hydrogen) atoms. The van der Waals surface area contributed by atoms with Crippen molar-refractivity contribution < 1.29 is 4.79 Å². The molecular weight excluding hydrogens is 342 g/mol. The van der Waals surface area contributed by atoms with Crippen LogP contribution >= 0.6 is 11.8 Å². The zero-order chi connectivity index (χ0) is 17.8. The molecule has 0 radical (unpaired) electrons. The van der Waals surface area contributed by atoms with Crippen LogP contribution in [0.3, 0.4) is 0 Å². The third-order valence-corrected chi connectivity index (χ3v) is 5.50. The van der Waals surface area contributed by atoms with E-state index in [-0.39, 0.29) is 11.2 Å². The Bertz CT molecular complexity index is 911. The Morgan fingerprint density at radius 2 is 1.65 bits per heavy atom. The number of rotatable bonds is 5. The molecule has 1 aliphatic carbocycles. The van der Waals surface area contributed by atoms with Gasteiger partial charge in [0.1, 0.15) is 0 Å². The van der Waals surface area contributed by atoms with Crippen molar-refractivity contribution in [2.75, 3.05) is 5.75 Å². The van der Waals surface area contributed by atoms with E-state index in [1.54, 1.807) is 24.2 Å². The fourth-order valence-electron chi connectivity index (χ4n) is 3.10. The van der Waals surface area contributed by atoms with Gasteiger partial charge in [-0.05, 0) is 34.4 Å². The number of amides is 1. The molecule has 0 saturated carbocycles. The number of fused-ring (bicyclic) bond motifs is 3. The average Bonchev–Trinajstić information content (AvgIpc) is 3.01. The SMILES string of the molecule is O=C(CSC1c2ccccc2-c2ccccc21)N/N=C\c1ccccn1. The Labute approximate surface area is 156 Å². The van der Waals surface area contributed by atoms with E-state index in [1.165, 1.54) is 22.3 Å². The van der Waals surface area contributed by atoms with Gasteiger partial charge in [0.2, 0.25) is 5.91 Å². The van der Waals surface area contributed by atoms with Crippen LogP contribution in [-0.4, -0.2) is 22.9 Å². The Morgan fingerprint density at radius 1 is 1.00 bits per heavy atom. The molecule has 0 spiro atoms. The van der Waals surface area contributed by atoms with Gasteiger partial charge in [0.15, 0.2) is 0 Å². The molecule has 0 bridgehead atoms. The molecule has 1 amide bonds. The first-order valence-corrected chi connectivity index (χ1v) is 9.40. The molecular formula is C21H17N3OS. The average molecular weight is 359 g/mol. The molecule has 3 aromatic rings. The van der Waals surface area contributed by atoms with Gasteiger partial charge in [-0.15, -0.1) is 11.8 Å². The summed E-state index contributed by atoms with van der Waals surface area (Å²) < 4.78 is 0. The lowest BCUT2D eigenvalue weighted by atomic mass is 10.1. The molecule has 4 nitrogen and oxygen atoms in total. The van der Waals surface area contributed by atoms with Gasteiger partial charge in [0.25, 0.3) is 0 Å². The second-order valence-electron chi connectivity index (χ2n) is 5.91. The van der Waals surface area contributed by atoms with E-state index in [0.717, 1.165) is 0 Å². The number of thioether (sulfide) groups is 1. The number of benzene rings is 2. The van der Waals surface area contributed by atoms with Crippen LogP contribution in [0.5, 0.6) is 0 Å². The van der Waals surface area contributed by atoms with Crippen molar-refractivity contribution in [2.45, 2.75) is 5.25 Å². The molecule has 0 atom stereocenters. The molecule has 1 aromatic heterocycles. The van der Waals surface area contributed by atoms with E-state index >= 15 is 0 Å². The van der Waals surface area contributed by atoms with Crippen molar-refractivity contribution in [3.8, 4) is 11.1 Å². The van der Waals surface area contributed by atoms with Crippen molar-refractivity contribution >= 4 is 23.9 Å². The molecule has 1 N–H and O–H groups in total. The van der Waals surface area contributed by atoms with Crippen molar-refractivity contribution in [2.24, 2.45) is 5.10 Å². The summed E-state index contributed by atoms with van der Waals surface area (Å²) in [7, 11) is 0. The first-order valence-electron chi connectivity index (χ1n) is 8.36. The summed E-state index contributed by atoms with van der Waals surface area (Å²) in [5, 5.41) is 4.15. The van der Waals surface area contributed by atoms with Crippen molar-refractivity contribution in [1.29, 1.82) is 0 Å². The minimum Gasteiger partial charge on any atom is -0.272 e. The fourth-order valence-corrected chi connectivity index (χ4v) is 4.26. The fraction of sp³-hybridized carbons (Fsp3) is 0.0952. The predicted octanol–water partition coefficient (Wildman–Crippen LogP) is 4.03. The van der Waals surface area contributed by atoms with Gasteiger partial charge in [-0.25, -0.2) is 5.43 Å². The molecule has 0 fully saturated rings. The van der Waals surface area contributed by atoms with Crippen LogP contribution in [0, 0.1) is 0 Å². The van der Waals surface area contributed by atoms with Gasteiger partial charge in [-0.1, -0.05) is 54.6 Å². The number of pyridine rings is 1. The Balaban J connectivity index is 1.42. The van der Waals surface area contributed by atoms with Gasteiger partial charge in [0.05, 0.1) is 22.9 Å². The van der Waals surface area contributed by atoms with Gasteiger partial charge < -0.3 is 0 Å². The largest absolute Gasteiger partial charge is 0.272 e. The van der Waals surface area contributed by atoms with Crippen LogP contribution in [0.15, 0.2) is 78.0 Å². The third kappa shape index (κ3) is 3.39. The zero-order valence-electron chi connectivity index (χ0n) is 14.0. The molecule has 2 aromatic carbocycles. The summed E-state index contributed by atoms with van der Waals surface area (Å²) in [6.45, 7) is 0. The summed E-state index contributed by atoms with van der Waals surface area (Å²) >= 11 is 1.62. The number of hydrazone groups is 1. The summed E-state index contributed by atoms with van der Waals surface area (Å²) in [6, 6.07) is 22.3. The van der Waals surface area contributed by atoms with E-state index < -0.39 is 0 Å². The highest BCUT2D eigenvalue weighted by atomic mass is 32.2. The summed E-state index contributed by atoms with van der Waals surface area (Å²) in [5.74, 6) is 0.219. The highest BCUT2D eigenvalue weighted by Crippen LogP contribution is 2.49. The molecule has 0 unspecified atom stereocenters. The first-order chi connectivity index (χ1) is 12.8. The summed E-state index contributed by atoms with van der Waals surface area (Å²) in [5.41, 5.74) is 8.33. The van der Waals surface area contributed by atoms with Gasteiger partial charge in [-0.3, -0.25) is 9.78 Å².